The highest BCUT2D eigenvalue weighted by Gasteiger charge is 2.31. The van der Waals surface area contributed by atoms with Gasteiger partial charge in [-0.1, -0.05) is 12.8 Å². The average Bonchev–Trinajstić information content (AvgIpc) is 3.12. The normalized spacial score (nSPS) is 32.7. The Morgan fingerprint density at radius 2 is 1.89 bits per heavy atom. The first kappa shape index (κ1) is 13.2. The Bertz CT molecular complexity index is 309. The van der Waals surface area contributed by atoms with Crippen molar-refractivity contribution in [1.82, 2.24) is 15.5 Å². The molecule has 4 nitrogen and oxygen atoms in total. The predicted octanol–water partition coefficient (Wildman–Crippen LogP) is 2.10. The summed E-state index contributed by atoms with van der Waals surface area (Å²) >= 11 is 0. The van der Waals surface area contributed by atoms with Crippen molar-refractivity contribution in [2.45, 2.75) is 63.5 Å². The lowest BCUT2D eigenvalue weighted by Gasteiger charge is -2.36. The fraction of sp³-hybridized carbons (Fsp3) is 0.933. The molecule has 0 bridgehead atoms. The Labute approximate surface area is 116 Å². The molecule has 2 amide bonds. The van der Waals surface area contributed by atoms with E-state index in [2.05, 4.69) is 15.5 Å². The third kappa shape index (κ3) is 3.22. The minimum atomic E-state index is 0.189. The van der Waals surface area contributed by atoms with Crippen LogP contribution >= 0.6 is 0 Å². The second-order valence-corrected chi connectivity index (χ2v) is 6.48. The van der Waals surface area contributed by atoms with Gasteiger partial charge in [-0.2, -0.15) is 0 Å². The van der Waals surface area contributed by atoms with E-state index in [-0.39, 0.29) is 6.03 Å². The molecule has 0 radical (unpaired) electrons. The highest BCUT2D eigenvalue weighted by Crippen LogP contribution is 2.25. The van der Waals surface area contributed by atoms with Gasteiger partial charge in [-0.25, -0.2) is 4.79 Å². The lowest BCUT2D eigenvalue weighted by molar-refractivity contribution is 0.150. The lowest BCUT2D eigenvalue weighted by Crippen LogP contribution is -2.50. The molecule has 2 N–H and O–H groups in total. The van der Waals surface area contributed by atoms with Gasteiger partial charge in [0.05, 0.1) is 0 Å². The first-order valence-electron chi connectivity index (χ1n) is 8.12. The van der Waals surface area contributed by atoms with Crippen molar-refractivity contribution in [3.05, 3.63) is 0 Å². The van der Waals surface area contributed by atoms with Crippen LogP contribution in [0.2, 0.25) is 0 Å². The number of nitrogens with one attached hydrogen (secondary N) is 2. The number of carbonyl (C=O) groups is 1. The molecule has 2 unspecified atom stereocenters. The van der Waals surface area contributed by atoms with Crippen LogP contribution < -0.4 is 10.6 Å². The van der Waals surface area contributed by atoms with Crippen molar-refractivity contribution in [3.63, 3.8) is 0 Å². The Morgan fingerprint density at radius 3 is 2.63 bits per heavy atom. The van der Waals surface area contributed by atoms with Crippen LogP contribution in [0.1, 0.15) is 51.4 Å². The van der Waals surface area contributed by atoms with Gasteiger partial charge in [0.15, 0.2) is 0 Å². The SMILES string of the molecule is O=C(NC1CCCC1)N1CCCC(C2CCCN2)C1. The van der Waals surface area contributed by atoms with Crippen LogP contribution in [0.4, 0.5) is 4.79 Å². The van der Waals surface area contributed by atoms with Crippen molar-refractivity contribution in [2.75, 3.05) is 19.6 Å². The average molecular weight is 265 g/mol. The smallest absolute Gasteiger partial charge is 0.317 e. The minimum absolute atomic E-state index is 0.189. The summed E-state index contributed by atoms with van der Waals surface area (Å²) in [4.78, 5) is 14.4. The maximum absolute atomic E-state index is 12.3. The van der Waals surface area contributed by atoms with E-state index in [1.165, 1.54) is 51.4 Å². The second-order valence-electron chi connectivity index (χ2n) is 6.48. The number of likely N-dealkylation sites (tertiary alicyclic amines) is 1. The zero-order chi connectivity index (χ0) is 13.1. The Hall–Kier alpha value is -0.770. The molecule has 0 aromatic rings. The van der Waals surface area contributed by atoms with Gasteiger partial charge in [0.1, 0.15) is 0 Å². The molecule has 1 aliphatic carbocycles. The molecule has 3 aliphatic rings. The molecule has 0 aromatic heterocycles. The number of hydrogen-bond acceptors (Lipinski definition) is 2. The number of urea groups is 1. The highest BCUT2D eigenvalue weighted by atomic mass is 16.2. The molecule has 2 aliphatic heterocycles. The van der Waals surface area contributed by atoms with Crippen LogP contribution in [0.5, 0.6) is 0 Å². The quantitative estimate of drug-likeness (QED) is 0.803. The van der Waals surface area contributed by atoms with Gasteiger partial charge in [-0.3, -0.25) is 0 Å². The summed E-state index contributed by atoms with van der Waals surface area (Å²) in [6, 6.07) is 1.29. The maximum atomic E-state index is 12.3. The van der Waals surface area contributed by atoms with Crippen molar-refractivity contribution in [2.24, 2.45) is 5.92 Å². The Kier molecular flexibility index (Phi) is 4.26. The number of rotatable bonds is 2. The summed E-state index contributed by atoms with van der Waals surface area (Å²) in [6.45, 7) is 3.06. The molecule has 3 rings (SSSR count). The zero-order valence-electron chi connectivity index (χ0n) is 11.9. The Balaban J connectivity index is 1.50. The summed E-state index contributed by atoms with van der Waals surface area (Å²) < 4.78 is 0. The zero-order valence-corrected chi connectivity index (χ0v) is 11.9. The van der Waals surface area contributed by atoms with Gasteiger partial charge in [-0.15, -0.1) is 0 Å². The van der Waals surface area contributed by atoms with Gasteiger partial charge in [0, 0.05) is 25.2 Å². The first-order valence-corrected chi connectivity index (χ1v) is 8.12. The number of carbonyl (C=O) groups excluding carboxylic acids is 1. The molecule has 1 saturated carbocycles. The van der Waals surface area contributed by atoms with E-state index >= 15 is 0 Å². The summed E-state index contributed by atoms with van der Waals surface area (Å²) in [7, 11) is 0. The van der Waals surface area contributed by atoms with Crippen molar-refractivity contribution in [3.8, 4) is 0 Å². The van der Waals surface area contributed by atoms with Crippen molar-refractivity contribution < 1.29 is 4.79 Å². The molecule has 2 saturated heterocycles. The van der Waals surface area contributed by atoms with E-state index in [9.17, 15) is 4.79 Å². The highest BCUT2D eigenvalue weighted by molar-refractivity contribution is 5.74. The summed E-state index contributed by atoms with van der Waals surface area (Å²) in [6.07, 6.45) is 9.95. The maximum Gasteiger partial charge on any atom is 0.317 e. The van der Waals surface area contributed by atoms with Crippen LogP contribution in [0.15, 0.2) is 0 Å². The molecule has 2 atom stereocenters. The van der Waals surface area contributed by atoms with Crippen LogP contribution in [-0.2, 0) is 0 Å². The molecule has 2 heterocycles. The third-order valence-corrected chi connectivity index (χ3v) is 5.10. The predicted molar refractivity (Wildman–Crippen MR) is 76.1 cm³/mol. The van der Waals surface area contributed by atoms with Crippen LogP contribution in [0, 0.1) is 5.92 Å². The van der Waals surface area contributed by atoms with E-state index in [1.807, 2.05) is 0 Å². The van der Waals surface area contributed by atoms with Gasteiger partial charge in [0.25, 0.3) is 0 Å². The summed E-state index contributed by atoms with van der Waals surface area (Å²) in [5.74, 6) is 0.672. The van der Waals surface area contributed by atoms with Gasteiger partial charge >= 0.3 is 6.03 Å². The third-order valence-electron chi connectivity index (χ3n) is 5.10. The minimum Gasteiger partial charge on any atom is -0.335 e. The van der Waals surface area contributed by atoms with Crippen LogP contribution in [0.3, 0.4) is 0 Å². The molecule has 108 valence electrons. The second kappa shape index (κ2) is 6.12. The number of piperidine rings is 1. The standard InChI is InChI=1S/C15H27N3O/c19-15(17-13-6-1-2-7-13)18-10-4-5-12(11-18)14-8-3-9-16-14/h12-14,16H,1-11H2,(H,17,19). The number of amides is 2. The summed E-state index contributed by atoms with van der Waals surface area (Å²) in [5, 5.41) is 6.83. The molecule has 3 fully saturated rings. The number of hydrogen-bond donors (Lipinski definition) is 2. The fourth-order valence-corrected chi connectivity index (χ4v) is 3.97. The first-order chi connectivity index (χ1) is 9.33. The van der Waals surface area contributed by atoms with E-state index in [1.54, 1.807) is 0 Å². The lowest BCUT2D eigenvalue weighted by atomic mass is 9.90. The molecule has 19 heavy (non-hydrogen) atoms. The monoisotopic (exact) mass is 265 g/mol. The van der Waals surface area contributed by atoms with Crippen LogP contribution in [-0.4, -0.2) is 42.6 Å². The van der Waals surface area contributed by atoms with E-state index < -0.39 is 0 Å². The van der Waals surface area contributed by atoms with Gasteiger partial charge < -0.3 is 15.5 Å². The number of nitrogens with zero attached hydrogens (tertiary/aromatic N) is 1. The van der Waals surface area contributed by atoms with Gasteiger partial charge in [0.2, 0.25) is 0 Å². The molecular weight excluding hydrogens is 238 g/mol. The molecular formula is C15H27N3O. The van der Waals surface area contributed by atoms with Crippen molar-refractivity contribution in [1.29, 1.82) is 0 Å². The van der Waals surface area contributed by atoms with E-state index in [0.717, 1.165) is 19.6 Å². The fourth-order valence-electron chi connectivity index (χ4n) is 3.97. The molecule has 0 spiro atoms. The summed E-state index contributed by atoms with van der Waals surface area (Å²) in [5.41, 5.74) is 0. The van der Waals surface area contributed by atoms with E-state index in [4.69, 9.17) is 0 Å². The molecule has 0 aromatic carbocycles. The topological polar surface area (TPSA) is 44.4 Å². The van der Waals surface area contributed by atoms with Crippen LogP contribution in [0.25, 0.3) is 0 Å². The largest absolute Gasteiger partial charge is 0.335 e. The van der Waals surface area contributed by atoms with E-state index in [0.29, 0.717) is 18.0 Å². The Morgan fingerprint density at radius 1 is 1.05 bits per heavy atom. The van der Waals surface area contributed by atoms with Gasteiger partial charge in [-0.05, 0) is 51.0 Å². The van der Waals surface area contributed by atoms with Crippen molar-refractivity contribution >= 4 is 6.03 Å². The molecule has 4 heteroatoms.